The van der Waals surface area contributed by atoms with Crippen molar-refractivity contribution in [2.45, 2.75) is 42.1 Å². The van der Waals surface area contributed by atoms with Gasteiger partial charge in [-0.05, 0) is 45.0 Å². The van der Waals surface area contributed by atoms with Gasteiger partial charge in [0.15, 0.2) is 5.16 Å². The van der Waals surface area contributed by atoms with E-state index in [1.807, 2.05) is 0 Å². The molecule has 2 rings (SSSR count). The summed E-state index contributed by atoms with van der Waals surface area (Å²) in [5.74, 6) is -0.205. The number of anilines is 1. The predicted molar refractivity (Wildman–Crippen MR) is 96.9 cm³/mol. The quantitative estimate of drug-likeness (QED) is 0.704. The summed E-state index contributed by atoms with van der Waals surface area (Å²) in [5, 5.41) is 10.7. The highest BCUT2D eigenvalue weighted by atomic mass is 32.2. The fourth-order valence-corrected chi connectivity index (χ4v) is 3.97. The standard InChI is InChI=1S/C15H21N5O3S2/c1-10(2)19-25(22,23)13-7-5-12(6-8-13)17-14(21)11(3)24-15-18-16-9-20(15)4/h5-11,19H,1-4H3,(H,17,21)/t11-/m0/s1. The van der Waals surface area contributed by atoms with Gasteiger partial charge < -0.3 is 9.88 Å². The molecule has 0 aliphatic rings. The molecule has 136 valence electrons. The van der Waals surface area contributed by atoms with Gasteiger partial charge in [-0.2, -0.15) is 0 Å². The van der Waals surface area contributed by atoms with Crippen LogP contribution in [0.4, 0.5) is 5.69 Å². The second-order valence-corrected chi connectivity index (χ2v) is 8.80. The summed E-state index contributed by atoms with van der Waals surface area (Å²) in [7, 11) is -1.74. The predicted octanol–water partition coefficient (Wildman–Crippen LogP) is 1.62. The van der Waals surface area contributed by atoms with Gasteiger partial charge in [-0.3, -0.25) is 4.79 Å². The Morgan fingerprint density at radius 2 is 1.84 bits per heavy atom. The lowest BCUT2D eigenvalue weighted by atomic mass is 10.3. The van der Waals surface area contributed by atoms with Crippen molar-refractivity contribution in [2.24, 2.45) is 7.05 Å². The zero-order valence-corrected chi connectivity index (χ0v) is 16.1. The van der Waals surface area contributed by atoms with E-state index in [0.717, 1.165) is 0 Å². The Labute approximate surface area is 151 Å². The molecule has 1 aromatic carbocycles. The molecule has 1 amide bonds. The minimum absolute atomic E-state index is 0.153. The summed E-state index contributed by atoms with van der Waals surface area (Å²) in [4.78, 5) is 12.4. The average molecular weight is 383 g/mol. The van der Waals surface area contributed by atoms with Crippen molar-refractivity contribution in [2.75, 3.05) is 5.32 Å². The summed E-state index contributed by atoms with van der Waals surface area (Å²) >= 11 is 1.29. The number of benzene rings is 1. The van der Waals surface area contributed by atoms with Crippen molar-refractivity contribution in [1.82, 2.24) is 19.5 Å². The molecule has 1 aromatic heterocycles. The molecule has 0 saturated heterocycles. The molecule has 0 aliphatic heterocycles. The zero-order valence-electron chi connectivity index (χ0n) is 14.4. The van der Waals surface area contributed by atoms with Crippen LogP contribution in [0.3, 0.4) is 0 Å². The molecule has 0 spiro atoms. The Bertz CT molecular complexity index is 831. The van der Waals surface area contributed by atoms with Gasteiger partial charge >= 0.3 is 0 Å². The van der Waals surface area contributed by atoms with E-state index in [0.29, 0.717) is 10.8 Å². The normalized spacial score (nSPS) is 13.0. The number of sulfonamides is 1. The van der Waals surface area contributed by atoms with Crippen molar-refractivity contribution < 1.29 is 13.2 Å². The topological polar surface area (TPSA) is 106 Å². The molecule has 25 heavy (non-hydrogen) atoms. The summed E-state index contributed by atoms with van der Waals surface area (Å²) in [6.45, 7) is 5.27. The molecule has 0 unspecified atom stereocenters. The highest BCUT2D eigenvalue weighted by Crippen LogP contribution is 2.22. The number of carbonyl (C=O) groups is 1. The maximum atomic E-state index is 12.3. The van der Waals surface area contributed by atoms with Gasteiger partial charge in [-0.15, -0.1) is 10.2 Å². The summed E-state index contributed by atoms with van der Waals surface area (Å²) < 4.78 is 28.4. The third kappa shape index (κ3) is 5.28. The first-order valence-corrected chi connectivity index (χ1v) is 9.99. The first-order valence-electron chi connectivity index (χ1n) is 7.63. The highest BCUT2D eigenvalue weighted by molar-refractivity contribution is 8.00. The van der Waals surface area contributed by atoms with Gasteiger partial charge in [0.05, 0.1) is 10.1 Å². The fourth-order valence-electron chi connectivity index (χ4n) is 1.93. The van der Waals surface area contributed by atoms with Gasteiger partial charge in [-0.25, -0.2) is 13.1 Å². The smallest absolute Gasteiger partial charge is 0.240 e. The average Bonchev–Trinajstić information content (AvgIpc) is 2.91. The molecular weight excluding hydrogens is 362 g/mol. The molecule has 0 saturated carbocycles. The van der Waals surface area contributed by atoms with Gasteiger partial charge in [0, 0.05) is 18.8 Å². The number of aromatic nitrogens is 3. The van der Waals surface area contributed by atoms with Gasteiger partial charge in [-0.1, -0.05) is 11.8 Å². The molecule has 0 fully saturated rings. The summed E-state index contributed by atoms with van der Waals surface area (Å²) in [5.41, 5.74) is 0.527. The number of nitrogens with zero attached hydrogens (tertiary/aromatic N) is 3. The lowest BCUT2D eigenvalue weighted by molar-refractivity contribution is -0.115. The number of thioether (sulfide) groups is 1. The Hall–Kier alpha value is -1.91. The summed E-state index contributed by atoms with van der Waals surface area (Å²) in [6, 6.07) is 5.85. The van der Waals surface area contributed by atoms with Crippen LogP contribution in [0.25, 0.3) is 0 Å². The molecule has 2 N–H and O–H groups in total. The van der Waals surface area contributed by atoms with Gasteiger partial charge in [0.25, 0.3) is 0 Å². The minimum atomic E-state index is -3.54. The molecular formula is C15H21N5O3S2. The molecule has 0 radical (unpaired) electrons. The molecule has 2 aromatic rings. The highest BCUT2D eigenvalue weighted by Gasteiger charge is 2.18. The fraction of sp³-hybridized carbons (Fsp3) is 0.400. The van der Waals surface area contributed by atoms with Crippen molar-refractivity contribution in [3.63, 3.8) is 0 Å². The number of amides is 1. The van der Waals surface area contributed by atoms with Crippen molar-refractivity contribution in [3.8, 4) is 0 Å². The Balaban J connectivity index is 2.01. The lowest BCUT2D eigenvalue weighted by Gasteiger charge is -2.12. The van der Waals surface area contributed by atoms with Crippen LogP contribution in [0.5, 0.6) is 0 Å². The van der Waals surface area contributed by atoms with E-state index in [-0.39, 0.29) is 22.1 Å². The second-order valence-electron chi connectivity index (χ2n) is 5.77. The molecule has 8 nitrogen and oxygen atoms in total. The number of rotatable bonds is 7. The number of nitrogens with one attached hydrogen (secondary N) is 2. The molecule has 0 bridgehead atoms. The molecule has 0 aliphatic carbocycles. The van der Waals surface area contributed by atoms with E-state index in [4.69, 9.17) is 0 Å². The third-order valence-corrected chi connectivity index (χ3v) is 5.97. The Morgan fingerprint density at radius 1 is 1.20 bits per heavy atom. The Kier molecular flexibility index (Phi) is 6.20. The zero-order chi connectivity index (χ0) is 18.6. The molecule has 10 heteroatoms. The van der Waals surface area contributed by atoms with E-state index < -0.39 is 10.0 Å². The number of aryl methyl sites for hydroxylation is 1. The second kappa shape index (κ2) is 7.98. The van der Waals surface area contributed by atoms with Crippen LogP contribution in [0.2, 0.25) is 0 Å². The number of hydrogen-bond donors (Lipinski definition) is 2. The van der Waals surface area contributed by atoms with Crippen LogP contribution in [0, 0.1) is 0 Å². The van der Waals surface area contributed by atoms with Crippen LogP contribution in [-0.2, 0) is 21.9 Å². The van der Waals surface area contributed by atoms with Gasteiger partial charge in [0.2, 0.25) is 15.9 Å². The SMILES string of the molecule is CC(C)NS(=O)(=O)c1ccc(NC(=O)[C@H](C)Sc2nncn2C)cc1. The van der Waals surface area contributed by atoms with Gasteiger partial charge in [0.1, 0.15) is 6.33 Å². The van der Waals surface area contributed by atoms with E-state index in [2.05, 4.69) is 20.2 Å². The van der Waals surface area contributed by atoms with Crippen LogP contribution in [0.15, 0.2) is 40.6 Å². The van der Waals surface area contributed by atoms with Crippen LogP contribution in [-0.4, -0.2) is 40.4 Å². The van der Waals surface area contributed by atoms with Crippen LogP contribution in [0.1, 0.15) is 20.8 Å². The maximum absolute atomic E-state index is 12.3. The largest absolute Gasteiger partial charge is 0.325 e. The van der Waals surface area contributed by atoms with E-state index in [1.165, 1.54) is 23.9 Å². The monoisotopic (exact) mass is 383 g/mol. The first kappa shape index (κ1) is 19.4. The molecule has 1 heterocycles. The number of carbonyl (C=O) groups excluding carboxylic acids is 1. The minimum Gasteiger partial charge on any atom is -0.325 e. The van der Waals surface area contributed by atoms with Crippen LogP contribution < -0.4 is 10.0 Å². The van der Waals surface area contributed by atoms with Crippen molar-refractivity contribution in [1.29, 1.82) is 0 Å². The van der Waals surface area contributed by atoms with E-state index in [1.54, 1.807) is 50.8 Å². The molecule has 1 atom stereocenters. The Morgan fingerprint density at radius 3 is 2.36 bits per heavy atom. The van der Waals surface area contributed by atoms with E-state index >= 15 is 0 Å². The maximum Gasteiger partial charge on any atom is 0.240 e. The van der Waals surface area contributed by atoms with Crippen molar-refractivity contribution in [3.05, 3.63) is 30.6 Å². The summed E-state index contributed by atoms with van der Waals surface area (Å²) in [6.07, 6.45) is 1.57. The van der Waals surface area contributed by atoms with E-state index in [9.17, 15) is 13.2 Å². The lowest BCUT2D eigenvalue weighted by Crippen LogP contribution is -2.30. The first-order chi connectivity index (χ1) is 11.7. The van der Waals surface area contributed by atoms with Crippen molar-refractivity contribution >= 4 is 33.4 Å². The van der Waals surface area contributed by atoms with Crippen LogP contribution >= 0.6 is 11.8 Å². The third-order valence-electron chi connectivity index (χ3n) is 3.14. The number of hydrogen-bond acceptors (Lipinski definition) is 6.